The van der Waals surface area contributed by atoms with E-state index >= 15 is 0 Å². The van der Waals surface area contributed by atoms with Crippen molar-refractivity contribution in [2.24, 2.45) is 0 Å². The van der Waals surface area contributed by atoms with Gasteiger partial charge >= 0.3 is 0 Å². The van der Waals surface area contributed by atoms with Crippen LogP contribution in [0.2, 0.25) is 0 Å². The predicted molar refractivity (Wildman–Crippen MR) is 95.2 cm³/mol. The molecule has 9 heteroatoms. The smallest absolute Gasteiger partial charge is 0.255 e. The SMILES string of the molecule is CCCN(CC(=O)Nc1ccc(F)c(F)c1F)C(=O)c1cc(F)ccc1Br. The van der Waals surface area contributed by atoms with E-state index in [1.54, 1.807) is 6.92 Å². The number of carbonyl (C=O) groups is 2. The molecule has 0 fully saturated rings. The normalized spacial score (nSPS) is 10.6. The highest BCUT2D eigenvalue weighted by molar-refractivity contribution is 9.10. The minimum Gasteiger partial charge on any atom is -0.329 e. The number of hydrogen-bond acceptors (Lipinski definition) is 2. The predicted octanol–water partition coefficient (Wildman–Crippen LogP) is 4.50. The number of anilines is 1. The van der Waals surface area contributed by atoms with Gasteiger partial charge in [-0.2, -0.15) is 0 Å². The molecule has 0 aliphatic heterocycles. The highest BCUT2D eigenvalue weighted by Gasteiger charge is 2.22. The highest BCUT2D eigenvalue weighted by Crippen LogP contribution is 2.21. The van der Waals surface area contributed by atoms with Crippen LogP contribution in [0.4, 0.5) is 23.2 Å². The Morgan fingerprint density at radius 1 is 1.07 bits per heavy atom. The lowest BCUT2D eigenvalue weighted by molar-refractivity contribution is -0.116. The number of rotatable bonds is 6. The molecule has 0 heterocycles. The first-order chi connectivity index (χ1) is 12.7. The van der Waals surface area contributed by atoms with Gasteiger partial charge in [0.1, 0.15) is 12.4 Å². The van der Waals surface area contributed by atoms with Crippen LogP contribution >= 0.6 is 15.9 Å². The Kier molecular flexibility index (Phi) is 6.95. The summed E-state index contributed by atoms with van der Waals surface area (Å²) in [5.74, 6) is -6.67. The quantitative estimate of drug-likeness (QED) is 0.524. The van der Waals surface area contributed by atoms with E-state index in [1.807, 2.05) is 0 Å². The highest BCUT2D eigenvalue weighted by atomic mass is 79.9. The van der Waals surface area contributed by atoms with Gasteiger partial charge in [-0.1, -0.05) is 6.92 Å². The Bertz CT molecular complexity index is 877. The summed E-state index contributed by atoms with van der Waals surface area (Å²) in [6, 6.07) is 5.11. The van der Waals surface area contributed by atoms with Crippen LogP contribution in [0.25, 0.3) is 0 Å². The summed E-state index contributed by atoms with van der Waals surface area (Å²) in [5, 5.41) is 2.10. The standard InChI is InChI=1S/C18H15BrF4N2O2/c1-2-7-25(18(27)11-8-10(20)3-4-12(11)19)9-15(26)24-14-6-5-13(21)16(22)17(14)23/h3-6,8H,2,7,9H2,1H3,(H,24,26). The second-order valence-corrected chi connectivity index (χ2v) is 6.48. The van der Waals surface area contributed by atoms with Gasteiger partial charge in [0.2, 0.25) is 5.91 Å². The molecule has 0 saturated carbocycles. The summed E-state index contributed by atoms with van der Waals surface area (Å²) < 4.78 is 53.7. The molecule has 0 aliphatic carbocycles. The molecule has 144 valence electrons. The molecule has 0 bridgehead atoms. The minimum atomic E-state index is -1.71. The van der Waals surface area contributed by atoms with E-state index < -0.39 is 47.3 Å². The van der Waals surface area contributed by atoms with Crippen molar-refractivity contribution in [3.63, 3.8) is 0 Å². The van der Waals surface area contributed by atoms with Crippen LogP contribution in [-0.2, 0) is 4.79 Å². The average Bonchev–Trinajstić information content (AvgIpc) is 2.63. The van der Waals surface area contributed by atoms with E-state index in [2.05, 4.69) is 21.2 Å². The van der Waals surface area contributed by atoms with Crippen LogP contribution in [0, 0.1) is 23.3 Å². The van der Waals surface area contributed by atoms with Gasteiger partial charge in [0, 0.05) is 11.0 Å². The number of nitrogens with one attached hydrogen (secondary N) is 1. The molecule has 4 nitrogen and oxygen atoms in total. The van der Waals surface area contributed by atoms with E-state index in [9.17, 15) is 27.2 Å². The molecule has 0 unspecified atom stereocenters. The molecule has 0 aromatic heterocycles. The van der Waals surface area contributed by atoms with Crippen molar-refractivity contribution in [2.45, 2.75) is 13.3 Å². The molecule has 0 aliphatic rings. The van der Waals surface area contributed by atoms with Crippen molar-refractivity contribution in [3.8, 4) is 0 Å². The third kappa shape index (κ3) is 5.06. The van der Waals surface area contributed by atoms with Crippen LogP contribution in [0.5, 0.6) is 0 Å². The van der Waals surface area contributed by atoms with Crippen LogP contribution in [0.3, 0.4) is 0 Å². The molecule has 0 radical (unpaired) electrons. The van der Waals surface area contributed by atoms with Crippen molar-refractivity contribution in [1.29, 1.82) is 0 Å². The summed E-state index contributed by atoms with van der Waals surface area (Å²) >= 11 is 3.15. The lowest BCUT2D eigenvalue weighted by Crippen LogP contribution is -2.38. The summed E-state index contributed by atoms with van der Waals surface area (Å²) in [5.41, 5.74) is -0.523. The molecule has 2 aromatic carbocycles. The van der Waals surface area contributed by atoms with Crippen molar-refractivity contribution >= 4 is 33.4 Å². The minimum absolute atomic E-state index is 0.0234. The molecule has 27 heavy (non-hydrogen) atoms. The Hall–Kier alpha value is -2.42. The Morgan fingerprint density at radius 2 is 1.78 bits per heavy atom. The fraction of sp³-hybridized carbons (Fsp3) is 0.222. The van der Waals surface area contributed by atoms with Crippen LogP contribution < -0.4 is 5.32 Å². The van der Waals surface area contributed by atoms with E-state index in [4.69, 9.17) is 0 Å². The molecule has 0 spiro atoms. The zero-order chi connectivity index (χ0) is 20.1. The van der Waals surface area contributed by atoms with Gasteiger partial charge in [0.15, 0.2) is 17.5 Å². The van der Waals surface area contributed by atoms with Gasteiger partial charge in [-0.25, -0.2) is 17.6 Å². The zero-order valence-corrected chi connectivity index (χ0v) is 15.7. The first-order valence-electron chi connectivity index (χ1n) is 7.92. The monoisotopic (exact) mass is 446 g/mol. The maximum absolute atomic E-state index is 13.7. The lowest BCUT2D eigenvalue weighted by Gasteiger charge is -2.22. The Balaban J connectivity index is 2.18. The Labute approximate surface area is 161 Å². The van der Waals surface area contributed by atoms with Gasteiger partial charge in [-0.15, -0.1) is 0 Å². The maximum atomic E-state index is 13.7. The average molecular weight is 447 g/mol. The van der Waals surface area contributed by atoms with Gasteiger partial charge in [-0.3, -0.25) is 9.59 Å². The molecule has 2 aromatic rings. The number of halogens is 5. The molecule has 0 atom stereocenters. The first kappa shape index (κ1) is 20.9. The molecule has 1 N–H and O–H groups in total. The fourth-order valence-electron chi connectivity index (χ4n) is 2.34. The van der Waals surface area contributed by atoms with Gasteiger partial charge in [0.25, 0.3) is 5.91 Å². The molecule has 2 amide bonds. The van der Waals surface area contributed by atoms with E-state index in [1.165, 1.54) is 12.1 Å². The molecule has 2 rings (SSSR count). The lowest BCUT2D eigenvalue weighted by atomic mass is 10.2. The number of amides is 2. The van der Waals surface area contributed by atoms with Gasteiger partial charge in [0.05, 0.1) is 11.3 Å². The van der Waals surface area contributed by atoms with Crippen molar-refractivity contribution < 1.29 is 27.2 Å². The first-order valence-corrected chi connectivity index (χ1v) is 8.71. The van der Waals surface area contributed by atoms with Crippen molar-refractivity contribution in [1.82, 2.24) is 4.90 Å². The topological polar surface area (TPSA) is 49.4 Å². The Morgan fingerprint density at radius 3 is 2.44 bits per heavy atom. The van der Waals surface area contributed by atoms with Crippen molar-refractivity contribution in [2.75, 3.05) is 18.4 Å². The summed E-state index contributed by atoms with van der Waals surface area (Å²) in [4.78, 5) is 25.9. The number of nitrogens with zero attached hydrogens (tertiary/aromatic N) is 1. The third-order valence-electron chi connectivity index (χ3n) is 3.58. The fourth-order valence-corrected chi connectivity index (χ4v) is 2.76. The van der Waals surface area contributed by atoms with E-state index in [0.29, 0.717) is 17.0 Å². The number of benzene rings is 2. The van der Waals surface area contributed by atoms with E-state index in [0.717, 1.165) is 17.0 Å². The molecular formula is C18H15BrF4N2O2. The number of carbonyl (C=O) groups excluding carboxylic acids is 2. The van der Waals surface area contributed by atoms with E-state index in [-0.39, 0.29) is 12.1 Å². The third-order valence-corrected chi connectivity index (χ3v) is 4.27. The van der Waals surface area contributed by atoms with Crippen LogP contribution in [-0.4, -0.2) is 29.8 Å². The largest absolute Gasteiger partial charge is 0.329 e. The summed E-state index contributed by atoms with van der Waals surface area (Å²) in [6.45, 7) is 1.47. The molecular weight excluding hydrogens is 432 g/mol. The summed E-state index contributed by atoms with van der Waals surface area (Å²) in [7, 11) is 0. The second-order valence-electron chi connectivity index (χ2n) is 5.62. The second kappa shape index (κ2) is 8.98. The van der Waals surface area contributed by atoms with Gasteiger partial charge in [-0.05, 0) is 52.7 Å². The summed E-state index contributed by atoms with van der Waals surface area (Å²) in [6.07, 6.45) is 0.505. The van der Waals surface area contributed by atoms with Crippen LogP contribution in [0.15, 0.2) is 34.8 Å². The zero-order valence-electron chi connectivity index (χ0n) is 14.2. The van der Waals surface area contributed by atoms with Crippen LogP contribution in [0.1, 0.15) is 23.7 Å². The number of hydrogen-bond donors (Lipinski definition) is 1. The maximum Gasteiger partial charge on any atom is 0.255 e. The molecule has 0 saturated heterocycles. The van der Waals surface area contributed by atoms with Crippen molar-refractivity contribution in [3.05, 3.63) is 63.6 Å². The van der Waals surface area contributed by atoms with Gasteiger partial charge < -0.3 is 10.2 Å².